The third kappa shape index (κ3) is 5.55. The van der Waals surface area contributed by atoms with E-state index in [9.17, 15) is 4.79 Å². The van der Waals surface area contributed by atoms with Crippen molar-refractivity contribution in [1.29, 1.82) is 0 Å². The second kappa shape index (κ2) is 9.28. The molecule has 0 saturated heterocycles. The lowest BCUT2D eigenvalue weighted by molar-refractivity contribution is 0.0927. The molecule has 0 saturated carbocycles. The molecule has 20 heavy (non-hydrogen) atoms. The van der Waals surface area contributed by atoms with Crippen LogP contribution >= 0.6 is 0 Å². The van der Waals surface area contributed by atoms with Gasteiger partial charge in [-0.2, -0.15) is 0 Å². The lowest BCUT2D eigenvalue weighted by Crippen LogP contribution is -2.35. The smallest absolute Gasteiger partial charge is 0.271 e. The summed E-state index contributed by atoms with van der Waals surface area (Å²) in [6.45, 7) is 7.04. The zero-order valence-corrected chi connectivity index (χ0v) is 12.8. The number of aromatic nitrogens is 2. The predicted molar refractivity (Wildman–Crippen MR) is 81.9 cm³/mol. The maximum Gasteiger partial charge on any atom is 0.271 e. The van der Waals surface area contributed by atoms with Crippen molar-refractivity contribution in [3.8, 4) is 0 Å². The molecule has 5 nitrogen and oxygen atoms in total. The summed E-state index contributed by atoms with van der Waals surface area (Å²) in [7, 11) is 0. The van der Waals surface area contributed by atoms with Gasteiger partial charge in [-0.25, -0.2) is 4.98 Å². The van der Waals surface area contributed by atoms with Crippen LogP contribution in [0.3, 0.4) is 0 Å². The highest BCUT2D eigenvalue weighted by molar-refractivity contribution is 5.92. The molecule has 112 valence electrons. The molecular weight excluding hydrogens is 252 g/mol. The van der Waals surface area contributed by atoms with Crippen molar-refractivity contribution in [3.05, 3.63) is 18.1 Å². The van der Waals surface area contributed by atoms with Crippen LogP contribution in [0.15, 0.2) is 12.4 Å². The van der Waals surface area contributed by atoms with Gasteiger partial charge in [-0.1, -0.05) is 33.1 Å². The van der Waals surface area contributed by atoms with Crippen molar-refractivity contribution in [2.75, 3.05) is 11.9 Å². The number of carbonyl (C=O) groups is 1. The molecule has 1 aromatic rings. The van der Waals surface area contributed by atoms with Crippen molar-refractivity contribution < 1.29 is 4.79 Å². The Kier molecular flexibility index (Phi) is 7.62. The van der Waals surface area contributed by atoms with E-state index in [0.717, 1.165) is 38.6 Å². The standard InChI is InChI=1S/C15H26N4O/c1-4-7-9-12(8-5-2)18-15(20)13-10-16-11-14(19-13)17-6-3/h10-12H,4-9H2,1-3H3,(H,17,19)(H,18,20). The predicted octanol–water partition coefficient (Wildman–Crippen LogP) is 3.00. The van der Waals surface area contributed by atoms with Crippen molar-refractivity contribution in [1.82, 2.24) is 15.3 Å². The van der Waals surface area contributed by atoms with Gasteiger partial charge in [-0.3, -0.25) is 9.78 Å². The SMILES string of the molecule is CCCCC(CCC)NC(=O)c1cncc(NCC)n1. The van der Waals surface area contributed by atoms with Gasteiger partial charge in [0.25, 0.3) is 5.91 Å². The normalized spacial score (nSPS) is 11.9. The molecule has 0 spiro atoms. The molecular formula is C15H26N4O. The van der Waals surface area contributed by atoms with Crippen LogP contribution in [0.2, 0.25) is 0 Å². The van der Waals surface area contributed by atoms with E-state index < -0.39 is 0 Å². The minimum Gasteiger partial charge on any atom is -0.369 e. The van der Waals surface area contributed by atoms with E-state index in [4.69, 9.17) is 0 Å². The Labute approximate surface area is 121 Å². The minimum absolute atomic E-state index is 0.133. The number of hydrogen-bond donors (Lipinski definition) is 2. The van der Waals surface area contributed by atoms with E-state index in [2.05, 4.69) is 34.4 Å². The van der Waals surface area contributed by atoms with E-state index in [1.54, 1.807) is 6.20 Å². The average Bonchev–Trinajstić information content (AvgIpc) is 2.45. The first kappa shape index (κ1) is 16.4. The number of carbonyl (C=O) groups excluding carboxylic acids is 1. The van der Waals surface area contributed by atoms with Crippen LogP contribution in [-0.4, -0.2) is 28.5 Å². The highest BCUT2D eigenvalue weighted by Crippen LogP contribution is 2.08. The number of nitrogens with zero attached hydrogens (tertiary/aromatic N) is 2. The van der Waals surface area contributed by atoms with Crippen LogP contribution in [0, 0.1) is 0 Å². The fraction of sp³-hybridized carbons (Fsp3) is 0.667. The van der Waals surface area contributed by atoms with E-state index in [0.29, 0.717) is 11.5 Å². The molecule has 0 aliphatic carbocycles. The van der Waals surface area contributed by atoms with Crippen LogP contribution in [0.5, 0.6) is 0 Å². The largest absolute Gasteiger partial charge is 0.369 e. The zero-order valence-electron chi connectivity index (χ0n) is 12.8. The van der Waals surface area contributed by atoms with Crippen LogP contribution in [0.4, 0.5) is 5.82 Å². The van der Waals surface area contributed by atoms with Crippen LogP contribution in [0.1, 0.15) is 63.4 Å². The van der Waals surface area contributed by atoms with E-state index in [1.165, 1.54) is 6.20 Å². The molecule has 5 heteroatoms. The summed E-state index contributed by atoms with van der Waals surface area (Å²) in [5.74, 6) is 0.507. The number of nitrogens with one attached hydrogen (secondary N) is 2. The summed E-state index contributed by atoms with van der Waals surface area (Å²) in [5.41, 5.74) is 0.376. The lowest BCUT2D eigenvalue weighted by Gasteiger charge is -2.17. The number of amides is 1. The fourth-order valence-corrected chi connectivity index (χ4v) is 2.09. The summed E-state index contributed by atoms with van der Waals surface area (Å²) in [4.78, 5) is 20.5. The van der Waals surface area contributed by atoms with Gasteiger partial charge >= 0.3 is 0 Å². The Hall–Kier alpha value is -1.65. The van der Waals surface area contributed by atoms with Crippen molar-refractivity contribution in [2.45, 2.75) is 58.9 Å². The van der Waals surface area contributed by atoms with Crippen molar-refractivity contribution in [3.63, 3.8) is 0 Å². The van der Waals surface area contributed by atoms with Crippen LogP contribution in [-0.2, 0) is 0 Å². The first-order chi connectivity index (χ1) is 9.71. The van der Waals surface area contributed by atoms with Gasteiger partial charge in [-0.15, -0.1) is 0 Å². The van der Waals surface area contributed by atoms with Gasteiger partial charge in [0.2, 0.25) is 0 Å². The number of hydrogen-bond acceptors (Lipinski definition) is 4. The third-order valence-electron chi connectivity index (χ3n) is 3.10. The highest BCUT2D eigenvalue weighted by Gasteiger charge is 2.14. The molecule has 0 aromatic carbocycles. The Morgan fingerprint density at radius 1 is 1.20 bits per heavy atom. The fourth-order valence-electron chi connectivity index (χ4n) is 2.09. The second-order valence-electron chi connectivity index (χ2n) is 4.92. The van der Waals surface area contributed by atoms with Gasteiger partial charge in [0.05, 0.1) is 12.4 Å². The summed E-state index contributed by atoms with van der Waals surface area (Å²) in [6, 6.07) is 0.233. The molecule has 1 aromatic heterocycles. The van der Waals surface area contributed by atoms with Gasteiger partial charge < -0.3 is 10.6 Å². The van der Waals surface area contributed by atoms with E-state index in [-0.39, 0.29) is 11.9 Å². The minimum atomic E-state index is -0.133. The maximum atomic E-state index is 12.2. The second-order valence-corrected chi connectivity index (χ2v) is 4.92. The number of unbranched alkanes of at least 4 members (excludes halogenated alkanes) is 1. The molecule has 0 fully saturated rings. The lowest BCUT2D eigenvalue weighted by atomic mass is 10.1. The molecule has 0 radical (unpaired) electrons. The quantitative estimate of drug-likeness (QED) is 0.728. The Balaban J connectivity index is 2.64. The van der Waals surface area contributed by atoms with E-state index in [1.807, 2.05) is 6.92 Å². The Morgan fingerprint density at radius 2 is 2.00 bits per heavy atom. The first-order valence-electron chi connectivity index (χ1n) is 7.58. The Bertz CT molecular complexity index is 409. The topological polar surface area (TPSA) is 66.9 Å². The maximum absolute atomic E-state index is 12.2. The summed E-state index contributed by atoms with van der Waals surface area (Å²) < 4.78 is 0. The molecule has 1 unspecified atom stereocenters. The molecule has 1 rings (SSSR count). The average molecular weight is 278 g/mol. The van der Waals surface area contributed by atoms with Crippen molar-refractivity contribution in [2.24, 2.45) is 0 Å². The van der Waals surface area contributed by atoms with Gasteiger partial charge in [0, 0.05) is 12.6 Å². The van der Waals surface area contributed by atoms with Crippen LogP contribution < -0.4 is 10.6 Å². The Morgan fingerprint density at radius 3 is 2.65 bits per heavy atom. The van der Waals surface area contributed by atoms with Gasteiger partial charge in [0.1, 0.15) is 11.5 Å². The monoisotopic (exact) mass is 278 g/mol. The summed E-state index contributed by atoms with van der Waals surface area (Å²) >= 11 is 0. The molecule has 0 aliphatic rings. The molecule has 1 atom stereocenters. The number of anilines is 1. The van der Waals surface area contributed by atoms with Gasteiger partial charge in [0.15, 0.2) is 0 Å². The van der Waals surface area contributed by atoms with Gasteiger partial charge in [-0.05, 0) is 19.8 Å². The van der Waals surface area contributed by atoms with Crippen molar-refractivity contribution >= 4 is 11.7 Å². The molecule has 1 heterocycles. The molecule has 0 bridgehead atoms. The van der Waals surface area contributed by atoms with E-state index >= 15 is 0 Å². The summed E-state index contributed by atoms with van der Waals surface area (Å²) in [5, 5.41) is 6.13. The molecule has 2 N–H and O–H groups in total. The highest BCUT2D eigenvalue weighted by atomic mass is 16.1. The first-order valence-corrected chi connectivity index (χ1v) is 7.58. The zero-order chi connectivity index (χ0) is 14.8. The third-order valence-corrected chi connectivity index (χ3v) is 3.10. The molecule has 0 aliphatic heterocycles. The summed E-state index contributed by atoms with van der Waals surface area (Å²) in [6.07, 6.45) is 8.51. The molecule has 1 amide bonds. The van der Waals surface area contributed by atoms with Crippen LogP contribution in [0.25, 0.3) is 0 Å². The number of rotatable bonds is 9.